The molecule has 0 aromatic heterocycles. The first-order valence-electron chi connectivity index (χ1n) is 11.3. The van der Waals surface area contributed by atoms with Crippen molar-refractivity contribution in [1.82, 2.24) is 10.2 Å². The van der Waals surface area contributed by atoms with E-state index in [1.165, 1.54) is 6.42 Å². The summed E-state index contributed by atoms with van der Waals surface area (Å²) in [6.07, 6.45) is 5.90. The van der Waals surface area contributed by atoms with Crippen LogP contribution < -0.4 is 10.1 Å². The van der Waals surface area contributed by atoms with E-state index in [2.05, 4.69) is 21.2 Å². The molecule has 8 heteroatoms. The normalized spacial score (nSPS) is 15.0. The maximum atomic E-state index is 13.3. The topological polar surface area (TPSA) is 58.6 Å². The highest BCUT2D eigenvalue weighted by atomic mass is 79.9. The number of carbonyl (C=O) groups is 2. The van der Waals surface area contributed by atoms with Gasteiger partial charge in [-0.2, -0.15) is 0 Å². The van der Waals surface area contributed by atoms with Crippen molar-refractivity contribution in [3.05, 3.63) is 62.5 Å². The fraction of sp³-hybridized carbons (Fsp3) is 0.440. The Morgan fingerprint density at radius 3 is 2.42 bits per heavy atom. The monoisotopic (exact) mass is 554 g/mol. The number of nitrogens with zero attached hydrogens (tertiary/aromatic N) is 1. The van der Waals surface area contributed by atoms with Gasteiger partial charge in [0.05, 0.1) is 10.0 Å². The van der Waals surface area contributed by atoms with Crippen LogP contribution in [0.1, 0.15) is 51.0 Å². The third kappa shape index (κ3) is 7.62. The highest BCUT2D eigenvalue weighted by molar-refractivity contribution is 9.10. The number of amides is 2. The molecule has 0 unspecified atom stereocenters. The number of ether oxygens (including phenoxy) is 1. The molecule has 2 amide bonds. The second-order valence-electron chi connectivity index (χ2n) is 8.28. The van der Waals surface area contributed by atoms with Crippen molar-refractivity contribution in [3.8, 4) is 5.75 Å². The minimum absolute atomic E-state index is 0.124. The summed E-state index contributed by atoms with van der Waals surface area (Å²) >= 11 is 15.6. The van der Waals surface area contributed by atoms with Gasteiger partial charge in [-0.15, -0.1) is 0 Å². The number of benzene rings is 2. The SMILES string of the molecule is CC[C@@H](C(=O)NC1CCCCC1)N(Cc1ccc(Cl)c(Cl)c1)C(=O)COc1ccc(Br)cc1. The highest BCUT2D eigenvalue weighted by Gasteiger charge is 2.30. The Bertz CT molecular complexity index is 949. The van der Waals surface area contributed by atoms with Crippen LogP contribution in [0.3, 0.4) is 0 Å². The van der Waals surface area contributed by atoms with Gasteiger partial charge < -0.3 is 15.0 Å². The van der Waals surface area contributed by atoms with Crippen molar-refractivity contribution >= 4 is 50.9 Å². The quantitative estimate of drug-likeness (QED) is 0.390. The lowest BCUT2D eigenvalue weighted by Crippen LogP contribution is -2.52. The molecular formula is C25H29BrCl2N2O3. The van der Waals surface area contributed by atoms with Crippen LogP contribution in [0.25, 0.3) is 0 Å². The lowest BCUT2D eigenvalue weighted by Gasteiger charge is -2.32. The molecule has 2 aromatic rings. The average molecular weight is 556 g/mol. The van der Waals surface area contributed by atoms with Gasteiger partial charge in [-0.05, 0) is 61.2 Å². The second kappa shape index (κ2) is 12.6. The molecule has 0 saturated heterocycles. The van der Waals surface area contributed by atoms with Crippen molar-refractivity contribution < 1.29 is 14.3 Å². The van der Waals surface area contributed by atoms with Crippen LogP contribution in [0.2, 0.25) is 10.0 Å². The van der Waals surface area contributed by atoms with Crippen LogP contribution >= 0.6 is 39.1 Å². The van der Waals surface area contributed by atoms with Crippen LogP contribution in [-0.4, -0.2) is 35.4 Å². The summed E-state index contributed by atoms with van der Waals surface area (Å²) in [5.41, 5.74) is 0.797. The maximum Gasteiger partial charge on any atom is 0.261 e. The Labute approximate surface area is 213 Å². The molecule has 0 spiro atoms. The number of carbonyl (C=O) groups excluding carboxylic acids is 2. The van der Waals surface area contributed by atoms with E-state index in [0.717, 1.165) is 35.7 Å². The summed E-state index contributed by atoms with van der Waals surface area (Å²) in [6, 6.07) is 12.1. The van der Waals surface area contributed by atoms with Gasteiger partial charge in [0, 0.05) is 17.1 Å². The van der Waals surface area contributed by atoms with E-state index in [1.54, 1.807) is 29.2 Å². The van der Waals surface area contributed by atoms with E-state index in [4.69, 9.17) is 27.9 Å². The van der Waals surface area contributed by atoms with Crippen molar-refractivity contribution in [2.45, 2.75) is 64.1 Å². The molecule has 33 heavy (non-hydrogen) atoms. The average Bonchev–Trinajstić information content (AvgIpc) is 2.81. The van der Waals surface area contributed by atoms with Gasteiger partial charge in [0.25, 0.3) is 5.91 Å². The van der Waals surface area contributed by atoms with E-state index in [-0.39, 0.29) is 31.0 Å². The van der Waals surface area contributed by atoms with Gasteiger partial charge in [-0.1, -0.05) is 71.4 Å². The van der Waals surface area contributed by atoms with Crippen molar-refractivity contribution in [3.63, 3.8) is 0 Å². The zero-order chi connectivity index (χ0) is 23.8. The third-order valence-electron chi connectivity index (χ3n) is 5.85. The summed E-state index contributed by atoms with van der Waals surface area (Å²) in [4.78, 5) is 28.1. The third-order valence-corrected chi connectivity index (χ3v) is 7.12. The van der Waals surface area contributed by atoms with Crippen LogP contribution in [0, 0.1) is 0 Å². The van der Waals surface area contributed by atoms with Gasteiger partial charge in [0.1, 0.15) is 11.8 Å². The van der Waals surface area contributed by atoms with Crippen molar-refractivity contribution in [2.75, 3.05) is 6.61 Å². The standard InChI is InChI=1S/C25H29BrCl2N2O3/c1-2-23(25(32)29-19-6-4-3-5-7-19)30(15-17-8-13-21(27)22(28)14-17)24(31)16-33-20-11-9-18(26)10-12-20/h8-14,19,23H,2-7,15-16H2,1H3,(H,29,32)/t23-/m0/s1. The Kier molecular flexibility index (Phi) is 9.90. The minimum atomic E-state index is -0.609. The lowest BCUT2D eigenvalue weighted by atomic mass is 9.95. The molecule has 0 bridgehead atoms. The molecule has 0 aliphatic heterocycles. The lowest BCUT2D eigenvalue weighted by molar-refractivity contribution is -0.143. The van der Waals surface area contributed by atoms with Crippen LogP contribution in [0.15, 0.2) is 46.9 Å². The molecular weight excluding hydrogens is 527 g/mol. The first-order valence-corrected chi connectivity index (χ1v) is 12.8. The van der Waals surface area contributed by atoms with Gasteiger partial charge in [0.2, 0.25) is 5.91 Å². The number of hydrogen-bond donors (Lipinski definition) is 1. The molecule has 1 aliphatic rings. The van der Waals surface area contributed by atoms with E-state index < -0.39 is 6.04 Å². The molecule has 1 N–H and O–H groups in total. The van der Waals surface area contributed by atoms with E-state index in [9.17, 15) is 9.59 Å². The smallest absolute Gasteiger partial charge is 0.261 e. The van der Waals surface area contributed by atoms with Crippen LogP contribution in [-0.2, 0) is 16.1 Å². The Hall–Kier alpha value is -1.76. The van der Waals surface area contributed by atoms with E-state index in [1.807, 2.05) is 25.1 Å². The van der Waals surface area contributed by atoms with Crippen molar-refractivity contribution in [1.29, 1.82) is 0 Å². The number of rotatable bonds is 9. The first kappa shape index (κ1) is 25.9. The van der Waals surface area contributed by atoms with Crippen molar-refractivity contribution in [2.24, 2.45) is 0 Å². The molecule has 1 saturated carbocycles. The van der Waals surface area contributed by atoms with Gasteiger partial charge in [-0.25, -0.2) is 0 Å². The zero-order valence-electron chi connectivity index (χ0n) is 18.7. The minimum Gasteiger partial charge on any atom is -0.484 e. The Balaban J connectivity index is 1.77. The zero-order valence-corrected chi connectivity index (χ0v) is 21.8. The predicted molar refractivity (Wildman–Crippen MR) is 136 cm³/mol. The summed E-state index contributed by atoms with van der Waals surface area (Å²) < 4.78 is 6.64. The van der Waals surface area contributed by atoms with Gasteiger partial charge in [-0.3, -0.25) is 9.59 Å². The van der Waals surface area contributed by atoms with Crippen LogP contribution in [0.4, 0.5) is 0 Å². The Morgan fingerprint density at radius 1 is 1.09 bits per heavy atom. The molecule has 5 nitrogen and oxygen atoms in total. The highest BCUT2D eigenvalue weighted by Crippen LogP contribution is 2.25. The van der Waals surface area contributed by atoms with Gasteiger partial charge >= 0.3 is 0 Å². The number of hydrogen-bond acceptors (Lipinski definition) is 3. The summed E-state index contributed by atoms with van der Waals surface area (Å²) in [5, 5.41) is 4.02. The largest absolute Gasteiger partial charge is 0.484 e. The summed E-state index contributed by atoms with van der Waals surface area (Å²) in [7, 11) is 0. The van der Waals surface area contributed by atoms with E-state index in [0.29, 0.717) is 22.2 Å². The molecule has 178 valence electrons. The fourth-order valence-corrected chi connectivity index (χ4v) is 4.64. The number of nitrogens with one attached hydrogen (secondary N) is 1. The summed E-state index contributed by atoms with van der Waals surface area (Å²) in [6.45, 7) is 1.97. The molecule has 0 radical (unpaired) electrons. The predicted octanol–water partition coefficient (Wildman–Crippen LogP) is 6.39. The summed E-state index contributed by atoms with van der Waals surface area (Å²) in [5.74, 6) is 0.192. The van der Waals surface area contributed by atoms with Crippen LogP contribution in [0.5, 0.6) is 5.75 Å². The molecule has 1 atom stereocenters. The Morgan fingerprint density at radius 2 is 1.79 bits per heavy atom. The molecule has 3 rings (SSSR count). The second-order valence-corrected chi connectivity index (χ2v) is 10.0. The number of halogens is 3. The van der Waals surface area contributed by atoms with Gasteiger partial charge in [0.15, 0.2) is 6.61 Å². The molecule has 1 fully saturated rings. The maximum absolute atomic E-state index is 13.3. The molecule has 0 heterocycles. The van der Waals surface area contributed by atoms with E-state index >= 15 is 0 Å². The fourth-order valence-electron chi connectivity index (χ4n) is 4.06. The molecule has 1 aliphatic carbocycles. The first-order chi connectivity index (χ1) is 15.9. The molecule has 2 aromatic carbocycles.